The van der Waals surface area contributed by atoms with Crippen LogP contribution in [0.4, 0.5) is 0 Å². The number of hydrogen-bond acceptors (Lipinski definition) is 5. The highest BCUT2D eigenvalue weighted by Gasteiger charge is 2.53. The quantitative estimate of drug-likeness (QED) is 0.569. The molecular formula is C24H30ClNO5S. The average Bonchev–Trinajstić information content (AvgIpc) is 3.26. The largest absolute Gasteiger partial charge is 0.493 e. The van der Waals surface area contributed by atoms with Gasteiger partial charge in [-0.3, -0.25) is 4.79 Å². The molecular weight excluding hydrogens is 450 g/mol. The summed E-state index contributed by atoms with van der Waals surface area (Å²) in [6, 6.07) is 11.0. The molecule has 1 N–H and O–H groups in total. The van der Waals surface area contributed by atoms with E-state index in [1.807, 2.05) is 26.8 Å². The number of sulfone groups is 1. The second-order valence-electron chi connectivity index (χ2n) is 8.43. The van der Waals surface area contributed by atoms with Crippen molar-refractivity contribution in [3.05, 3.63) is 53.1 Å². The van der Waals surface area contributed by atoms with Crippen molar-refractivity contribution in [2.75, 3.05) is 7.11 Å². The normalized spacial score (nSPS) is 16.6. The minimum Gasteiger partial charge on any atom is -0.493 e. The number of ether oxygens (including phenoxy) is 2. The van der Waals surface area contributed by atoms with E-state index < -0.39 is 26.5 Å². The Kier molecular flexibility index (Phi) is 7.40. The molecule has 2 aromatic rings. The van der Waals surface area contributed by atoms with Gasteiger partial charge in [0.05, 0.1) is 24.2 Å². The molecule has 0 saturated heterocycles. The van der Waals surface area contributed by atoms with Crippen LogP contribution in [0.1, 0.15) is 58.1 Å². The number of amides is 1. The van der Waals surface area contributed by atoms with Gasteiger partial charge in [-0.15, -0.1) is 0 Å². The molecule has 1 atom stereocenters. The second kappa shape index (κ2) is 9.71. The molecule has 0 spiro atoms. The van der Waals surface area contributed by atoms with Crippen molar-refractivity contribution < 1.29 is 22.7 Å². The van der Waals surface area contributed by atoms with Crippen LogP contribution >= 0.6 is 11.6 Å². The zero-order valence-electron chi connectivity index (χ0n) is 18.9. The van der Waals surface area contributed by atoms with Crippen LogP contribution in [0.15, 0.2) is 47.4 Å². The van der Waals surface area contributed by atoms with E-state index in [2.05, 4.69) is 5.32 Å². The lowest BCUT2D eigenvalue weighted by Gasteiger charge is -2.29. The number of halogens is 1. The molecule has 174 valence electrons. The fraction of sp³-hybridized carbons (Fsp3) is 0.458. The number of carbonyl (C=O) groups excluding carboxylic acids is 1. The molecule has 0 radical (unpaired) electrons. The first-order valence-corrected chi connectivity index (χ1v) is 12.6. The van der Waals surface area contributed by atoms with Gasteiger partial charge in [0.1, 0.15) is 0 Å². The Hall–Kier alpha value is -2.25. The third-order valence-corrected chi connectivity index (χ3v) is 8.63. The molecule has 1 fully saturated rings. The third-order valence-electron chi connectivity index (χ3n) is 5.86. The monoisotopic (exact) mass is 479 g/mol. The average molecular weight is 480 g/mol. The lowest BCUT2D eigenvalue weighted by atomic mass is 10.0. The van der Waals surface area contributed by atoms with E-state index in [9.17, 15) is 13.2 Å². The molecule has 1 saturated carbocycles. The fourth-order valence-electron chi connectivity index (χ4n) is 4.12. The number of hydrogen-bond donors (Lipinski definition) is 1. The summed E-state index contributed by atoms with van der Waals surface area (Å²) in [4.78, 5) is 13.5. The minimum absolute atomic E-state index is 0.00724. The molecule has 2 aromatic carbocycles. The Labute approximate surface area is 195 Å². The first-order valence-electron chi connectivity index (χ1n) is 10.8. The molecule has 8 heteroatoms. The van der Waals surface area contributed by atoms with Crippen LogP contribution < -0.4 is 14.8 Å². The van der Waals surface area contributed by atoms with Gasteiger partial charge >= 0.3 is 0 Å². The Morgan fingerprint density at radius 1 is 1.03 bits per heavy atom. The molecule has 1 aliphatic rings. The van der Waals surface area contributed by atoms with Crippen molar-refractivity contribution in [2.24, 2.45) is 0 Å². The lowest BCUT2D eigenvalue weighted by Crippen LogP contribution is -2.51. The second-order valence-corrected chi connectivity index (χ2v) is 11.1. The molecule has 0 heterocycles. The summed E-state index contributed by atoms with van der Waals surface area (Å²) < 4.78 is 36.8. The fourth-order valence-corrected chi connectivity index (χ4v) is 6.32. The zero-order chi connectivity index (χ0) is 23.5. The van der Waals surface area contributed by atoms with Crippen molar-refractivity contribution in [3.63, 3.8) is 0 Å². The first kappa shape index (κ1) is 24.4. The predicted molar refractivity (Wildman–Crippen MR) is 125 cm³/mol. The summed E-state index contributed by atoms with van der Waals surface area (Å²) in [5, 5.41) is 3.38. The van der Waals surface area contributed by atoms with Crippen molar-refractivity contribution in [2.45, 2.75) is 68.2 Å². The molecule has 1 unspecified atom stereocenters. The highest BCUT2D eigenvalue weighted by molar-refractivity contribution is 7.93. The van der Waals surface area contributed by atoms with Crippen molar-refractivity contribution in [1.82, 2.24) is 5.32 Å². The van der Waals surface area contributed by atoms with Crippen LogP contribution in [-0.4, -0.2) is 32.3 Å². The highest BCUT2D eigenvalue weighted by atomic mass is 35.5. The van der Waals surface area contributed by atoms with Gasteiger partial charge in [0.15, 0.2) is 26.1 Å². The summed E-state index contributed by atoms with van der Waals surface area (Å²) in [5.74, 6) is 0.697. The van der Waals surface area contributed by atoms with Gasteiger partial charge < -0.3 is 14.8 Å². The number of benzene rings is 2. The number of rotatable bonds is 8. The lowest BCUT2D eigenvalue weighted by molar-refractivity contribution is -0.124. The molecule has 1 amide bonds. The molecule has 6 nitrogen and oxygen atoms in total. The molecule has 32 heavy (non-hydrogen) atoms. The summed E-state index contributed by atoms with van der Waals surface area (Å²) in [6.07, 6.45) is 1.95. The number of methoxy groups -OCH3 is 1. The van der Waals surface area contributed by atoms with E-state index in [4.69, 9.17) is 21.1 Å². The van der Waals surface area contributed by atoms with Gasteiger partial charge in [-0.25, -0.2) is 8.42 Å². The van der Waals surface area contributed by atoms with Gasteiger partial charge in [0.2, 0.25) is 5.91 Å². The summed E-state index contributed by atoms with van der Waals surface area (Å²) in [6.45, 7) is 5.68. The first-order chi connectivity index (χ1) is 15.1. The van der Waals surface area contributed by atoms with E-state index >= 15 is 0 Å². The number of nitrogens with one attached hydrogen (secondary N) is 1. The van der Waals surface area contributed by atoms with Gasteiger partial charge in [-0.1, -0.05) is 30.5 Å². The van der Waals surface area contributed by atoms with Gasteiger partial charge in [0.25, 0.3) is 0 Å². The number of carbonyl (C=O) groups is 1. The van der Waals surface area contributed by atoms with Crippen LogP contribution in [-0.2, 0) is 14.6 Å². The third kappa shape index (κ3) is 4.74. The van der Waals surface area contributed by atoms with Crippen LogP contribution in [0.5, 0.6) is 11.5 Å². The Bertz CT molecular complexity index is 1060. The maximum atomic E-state index is 13.5. The van der Waals surface area contributed by atoms with Crippen molar-refractivity contribution in [1.29, 1.82) is 0 Å². The van der Waals surface area contributed by atoms with Gasteiger partial charge in [-0.2, -0.15) is 0 Å². The van der Waals surface area contributed by atoms with Crippen LogP contribution in [0.2, 0.25) is 5.02 Å². The van der Waals surface area contributed by atoms with Crippen molar-refractivity contribution >= 4 is 27.3 Å². The van der Waals surface area contributed by atoms with E-state index in [0.717, 1.165) is 5.56 Å². The molecule has 3 rings (SSSR count). The molecule has 1 aliphatic carbocycles. The maximum absolute atomic E-state index is 13.5. The zero-order valence-corrected chi connectivity index (χ0v) is 20.4. The van der Waals surface area contributed by atoms with Gasteiger partial charge in [0, 0.05) is 5.02 Å². The minimum atomic E-state index is -3.89. The van der Waals surface area contributed by atoms with E-state index in [1.165, 1.54) is 24.3 Å². The Morgan fingerprint density at radius 3 is 2.22 bits per heavy atom. The Balaban J connectivity index is 1.87. The maximum Gasteiger partial charge on any atom is 0.242 e. The summed E-state index contributed by atoms with van der Waals surface area (Å²) in [7, 11) is -2.34. The Morgan fingerprint density at radius 2 is 1.66 bits per heavy atom. The van der Waals surface area contributed by atoms with Crippen molar-refractivity contribution in [3.8, 4) is 11.5 Å². The van der Waals surface area contributed by atoms with E-state index in [0.29, 0.717) is 42.2 Å². The topological polar surface area (TPSA) is 81.7 Å². The summed E-state index contributed by atoms with van der Waals surface area (Å²) >= 11 is 5.93. The van der Waals surface area contributed by atoms with Crippen LogP contribution in [0, 0.1) is 0 Å². The van der Waals surface area contributed by atoms with Gasteiger partial charge in [-0.05, 0) is 75.6 Å². The SMILES string of the molecule is COc1cc(C(C)NC(=O)C2(S(=O)(=O)c3ccc(Cl)cc3)CCCC2)ccc1OC(C)C. The highest BCUT2D eigenvalue weighted by Crippen LogP contribution is 2.41. The smallest absolute Gasteiger partial charge is 0.242 e. The van der Waals surface area contributed by atoms with E-state index in [-0.39, 0.29) is 11.0 Å². The molecule has 0 bridgehead atoms. The van der Waals surface area contributed by atoms with Crippen LogP contribution in [0.3, 0.4) is 0 Å². The standard InChI is InChI=1S/C24H30ClNO5S/c1-16(2)31-21-12-7-18(15-22(21)30-4)17(3)26-23(27)24(13-5-6-14-24)32(28,29)20-10-8-19(25)9-11-20/h7-12,15-17H,5-6,13-14H2,1-4H3,(H,26,27). The van der Waals surface area contributed by atoms with Crippen LogP contribution in [0.25, 0.3) is 0 Å². The molecule has 0 aliphatic heterocycles. The van der Waals surface area contributed by atoms with E-state index in [1.54, 1.807) is 19.2 Å². The molecule has 0 aromatic heterocycles. The summed E-state index contributed by atoms with van der Waals surface area (Å²) in [5.41, 5.74) is 0.795. The predicted octanol–water partition coefficient (Wildman–Crippen LogP) is 5.10.